The fourth-order valence-corrected chi connectivity index (χ4v) is 5.97. The van der Waals surface area contributed by atoms with Crippen molar-refractivity contribution < 1.29 is 44.4 Å². The number of carboxylic acid groups (broad SMARTS) is 4. The standard InChI is InChI=1S/C34H49N9O9S/c1-39(2)10-9-35-33(52)28-8-7-26(18-36-28)38-34(53)37-25-5-3-24(4-6-25)17-27-19-42(22-31(48)49)14-13-40(20-29(44)45)11-12-41(21-30(46)47)15-16-43(27)23-32(50)51/h3-8,18,27H,9-17,19-23H2,1-2H3,(H,35,52)(H,44,45)(H,46,47)(H,48,49)(H,50,51)(H2,37,38,53). The van der Waals surface area contributed by atoms with Crippen molar-refractivity contribution in [1.82, 2.24) is 34.8 Å². The van der Waals surface area contributed by atoms with Gasteiger partial charge in [0.1, 0.15) is 5.69 Å². The molecule has 0 saturated carbocycles. The van der Waals surface area contributed by atoms with Gasteiger partial charge in [-0.05, 0) is 62.6 Å². The van der Waals surface area contributed by atoms with Crippen LogP contribution < -0.4 is 16.0 Å². The number of nitrogens with one attached hydrogen (secondary N) is 3. The summed E-state index contributed by atoms with van der Waals surface area (Å²) in [5.41, 5.74) is 2.34. The fraction of sp³-hybridized carbons (Fsp3) is 0.500. The average Bonchev–Trinajstić information content (AvgIpc) is 3.06. The number of anilines is 2. The molecule has 0 spiro atoms. The molecule has 1 fully saturated rings. The lowest BCUT2D eigenvalue weighted by Crippen LogP contribution is -2.53. The molecule has 2 heterocycles. The largest absolute Gasteiger partial charge is 0.480 e. The molecular weight excluding hydrogens is 710 g/mol. The minimum Gasteiger partial charge on any atom is -0.480 e. The number of carbonyl (C=O) groups is 5. The first kappa shape index (κ1) is 42.6. The van der Waals surface area contributed by atoms with Gasteiger partial charge in [-0.1, -0.05) is 12.1 Å². The number of likely N-dealkylation sites (N-methyl/N-ethyl adjacent to an activating group) is 1. The number of pyridine rings is 1. The normalized spacial score (nSPS) is 16.9. The van der Waals surface area contributed by atoms with Gasteiger partial charge in [0.15, 0.2) is 5.11 Å². The number of aliphatic carboxylic acids is 4. The van der Waals surface area contributed by atoms with E-state index in [0.717, 1.165) is 5.56 Å². The summed E-state index contributed by atoms with van der Waals surface area (Å²) >= 11 is 5.46. The van der Waals surface area contributed by atoms with Crippen LogP contribution >= 0.6 is 12.2 Å². The van der Waals surface area contributed by atoms with Crippen LogP contribution in [-0.4, -0.2) is 190 Å². The molecule has 1 atom stereocenters. The maximum Gasteiger partial charge on any atom is 0.317 e. The number of hydrogen-bond acceptors (Lipinski definition) is 12. The van der Waals surface area contributed by atoms with Gasteiger partial charge in [0, 0.05) is 70.6 Å². The maximum absolute atomic E-state index is 12.3. The smallest absolute Gasteiger partial charge is 0.317 e. The number of carboxylic acids is 4. The third kappa shape index (κ3) is 16.6. The Morgan fingerprint density at radius 2 is 1.25 bits per heavy atom. The first-order chi connectivity index (χ1) is 25.2. The second-order valence-corrected chi connectivity index (χ2v) is 13.4. The molecule has 1 aromatic heterocycles. The molecule has 1 aromatic carbocycles. The summed E-state index contributed by atoms with van der Waals surface area (Å²) in [6.45, 7) is 1.33. The Kier molecular flexibility index (Phi) is 17.4. The van der Waals surface area contributed by atoms with Crippen LogP contribution in [0.4, 0.5) is 11.4 Å². The van der Waals surface area contributed by atoms with E-state index in [1.165, 1.54) is 6.20 Å². The average molecular weight is 760 g/mol. The molecule has 7 N–H and O–H groups in total. The highest BCUT2D eigenvalue weighted by Gasteiger charge is 2.27. The molecule has 3 rings (SSSR count). The summed E-state index contributed by atoms with van der Waals surface area (Å²) in [5.74, 6) is -4.57. The van der Waals surface area contributed by atoms with Crippen LogP contribution in [-0.2, 0) is 25.6 Å². The van der Waals surface area contributed by atoms with Gasteiger partial charge in [-0.25, -0.2) is 4.98 Å². The second kappa shape index (κ2) is 21.7. The third-order valence-corrected chi connectivity index (χ3v) is 8.55. The van der Waals surface area contributed by atoms with E-state index in [1.807, 2.05) is 31.1 Å². The minimum atomic E-state index is -1.09. The molecular formula is C34H49N9O9S. The SMILES string of the molecule is CN(C)CCNC(=O)c1ccc(NC(=S)Nc2ccc(CC3CN(CC(=O)O)CCN(CC(=O)O)CCN(CC(=O)O)CCN3CC(=O)O)cc2)cn1. The van der Waals surface area contributed by atoms with Crippen molar-refractivity contribution in [2.45, 2.75) is 12.5 Å². The highest BCUT2D eigenvalue weighted by atomic mass is 32.1. The number of rotatable bonds is 16. The molecule has 1 saturated heterocycles. The molecule has 1 aliphatic rings. The topological polar surface area (TPSA) is 231 Å². The van der Waals surface area contributed by atoms with Crippen LogP contribution in [0.3, 0.4) is 0 Å². The third-order valence-electron chi connectivity index (χ3n) is 8.35. The summed E-state index contributed by atoms with van der Waals surface area (Å²) in [7, 11) is 3.83. The van der Waals surface area contributed by atoms with Crippen LogP contribution in [0.25, 0.3) is 0 Å². The van der Waals surface area contributed by atoms with E-state index in [1.54, 1.807) is 43.9 Å². The Balaban J connectivity index is 1.74. The Morgan fingerprint density at radius 3 is 1.77 bits per heavy atom. The van der Waals surface area contributed by atoms with Crippen molar-refractivity contribution in [3.63, 3.8) is 0 Å². The number of thiocarbonyl (C=S) groups is 1. The van der Waals surface area contributed by atoms with Crippen LogP contribution in [0.1, 0.15) is 16.1 Å². The van der Waals surface area contributed by atoms with E-state index >= 15 is 0 Å². The predicted octanol–water partition coefficient (Wildman–Crippen LogP) is -0.347. The van der Waals surface area contributed by atoms with Crippen molar-refractivity contribution in [3.05, 3.63) is 53.9 Å². The fourth-order valence-electron chi connectivity index (χ4n) is 5.73. The monoisotopic (exact) mass is 759 g/mol. The lowest BCUT2D eigenvalue weighted by atomic mass is 10.0. The van der Waals surface area contributed by atoms with Crippen LogP contribution in [0, 0.1) is 0 Å². The molecule has 0 bridgehead atoms. The molecule has 1 amide bonds. The highest BCUT2D eigenvalue weighted by molar-refractivity contribution is 7.80. The molecule has 1 unspecified atom stereocenters. The number of aromatic nitrogens is 1. The molecule has 53 heavy (non-hydrogen) atoms. The van der Waals surface area contributed by atoms with Gasteiger partial charge < -0.3 is 41.3 Å². The van der Waals surface area contributed by atoms with Crippen molar-refractivity contribution in [2.75, 3.05) is 110 Å². The van der Waals surface area contributed by atoms with Gasteiger partial charge >= 0.3 is 23.9 Å². The molecule has 19 heteroatoms. The summed E-state index contributed by atoms with van der Waals surface area (Å²) < 4.78 is 0. The summed E-state index contributed by atoms with van der Waals surface area (Å²) in [5, 5.41) is 47.7. The maximum atomic E-state index is 12.3. The number of amides is 1. The Bertz CT molecular complexity index is 1550. The number of nitrogens with zero attached hydrogens (tertiary/aromatic N) is 6. The quantitative estimate of drug-likeness (QED) is 0.109. The van der Waals surface area contributed by atoms with Crippen molar-refractivity contribution >= 4 is 58.5 Å². The zero-order chi connectivity index (χ0) is 38.9. The van der Waals surface area contributed by atoms with Gasteiger partial charge in [0.25, 0.3) is 5.91 Å². The summed E-state index contributed by atoms with van der Waals surface area (Å²) in [6.07, 6.45) is 1.84. The van der Waals surface area contributed by atoms with Crippen molar-refractivity contribution in [3.8, 4) is 0 Å². The highest BCUT2D eigenvalue weighted by Crippen LogP contribution is 2.17. The van der Waals surface area contributed by atoms with E-state index < -0.39 is 29.9 Å². The zero-order valence-electron chi connectivity index (χ0n) is 29.9. The van der Waals surface area contributed by atoms with E-state index in [4.69, 9.17) is 12.2 Å². The number of benzene rings is 1. The van der Waals surface area contributed by atoms with Crippen molar-refractivity contribution in [2.24, 2.45) is 0 Å². The lowest BCUT2D eigenvalue weighted by molar-refractivity contribution is -0.142. The number of carbonyl (C=O) groups excluding carboxylic acids is 1. The first-order valence-corrected chi connectivity index (χ1v) is 17.4. The van der Waals surface area contributed by atoms with Gasteiger partial charge in [-0.2, -0.15) is 0 Å². The zero-order valence-corrected chi connectivity index (χ0v) is 30.8. The molecule has 1 aliphatic heterocycles. The molecule has 18 nitrogen and oxygen atoms in total. The Morgan fingerprint density at radius 1 is 0.736 bits per heavy atom. The summed E-state index contributed by atoms with van der Waals surface area (Å²) in [4.78, 5) is 72.2. The van der Waals surface area contributed by atoms with Crippen LogP contribution in [0.2, 0.25) is 0 Å². The molecule has 2 aromatic rings. The van der Waals surface area contributed by atoms with E-state index in [0.29, 0.717) is 30.9 Å². The Labute approximate surface area is 313 Å². The second-order valence-electron chi connectivity index (χ2n) is 13.0. The number of hydrogen-bond donors (Lipinski definition) is 7. The Hall–Kier alpha value is -4.79. The van der Waals surface area contributed by atoms with Gasteiger partial charge in [-0.15, -0.1) is 0 Å². The molecule has 0 aliphatic carbocycles. The molecule has 290 valence electrons. The van der Waals surface area contributed by atoms with E-state index in [9.17, 15) is 44.4 Å². The van der Waals surface area contributed by atoms with Gasteiger partial charge in [0.2, 0.25) is 0 Å². The van der Waals surface area contributed by atoms with E-state index in [2.05, 4.69) is 20.9 Å². The van der Waals surface area contributed by atoms with Crippen molar-refractivity contribution in [1.29, 1.82) is 0 Å². The van der Waals surface area contributed by atoms with Gasteiger partial charge in [-0.3, -0.25) is 43.6 Å². The van der Waals surface area contributed by atoms with E-state index in [-0.39, 0.29) is 88.7 Å². The lowest BCUT2D eigenvalue weighted by Gasteiger charge is -2.37. The van der Waals surface area contributed by atoms with Crippen LogP contribution in [0.5, 0.6) is 0 Å². The van der Waals surface area contributed by atoms with Crippen LogP contribution in [0.15, 0.2) is 42.6 Å². The van der Waals surface area contributed by atoms with Gasteiger partial charge in [0.05, 0.1) is 38.1 Å². The minimum absolute atomic E-state index is 0.165. The first-order valence-electron chi connectivity index (χ1n) is 17.0. The predicted molar refractivity (Wildman–Crippen MR) is 200 cm³/mol. The summed E-state index contributed by atoms with van der Waals surface area (Å²) in [6, 6.07) is 10.1. The molecule has 0 radical (unpaired) electrons.